The summed E-state index contributed by atoms with van der Waals surface area (Å²) in [6, 6.07) is 9.40. The molecule has 0 radical (unpaired) electrons. The number of hydrogen-bond acceptors (Lipinski definition) is 2. The van der Waals surface area contributed by atoms with Gasteiger partial charge in [-0.25, -0.2) is 0 Å². The van der Waals surface area contributed by atoms with Gasteiger partial charge in [0.2, 0.25) is 5.91 Å². The molecule has 1 N–H and O–H groups in total. The number of amides is 1. The van der Waals surface area contributed by atoms with E-state index in [-0.39, 0.29) is 5.92 Å². The average Bonchev–Trinajstić information content (AvgIpc) is 2.89. The van der Waals surface area contributed by atoms with E-state index in [1.54, 1.807) is 0 Å². The van der Waals surface area contributed by atoms with E-state index in [0.29, 0.717) is 18.0 Å². The molecule has 3 rings (SSSR count). The number of fused-ring (bicyclic) bond motifs is 1. The van der Waals surface area contributed by atoms with Crippen molar-refractivity contribution in [1.29, 1.82) is 0 Å². The second kappa shape index (κ2) is 5.57. The normalized spacial score (nSPS) is 26.3. The fourth-order valence-electron chi connectivity index (χ4n) is 3.63. The van der Waals surface area contributed by atoms with Gasteiger partial charge in [-0.2, -0.15) is 0 Å². The van der Waals surface area contributed by atoms with E-state index < -0.39 is 0 Å². The molecule has 108 valence electrons. The molecular weight excluding hydrogens is 248 g/mol. The minimum atomic E-state index is 0.208. The fraction of sp³-hybridized carbons (Fsp3) is 0.588. The van der Waals surface area contributed by atoms with E-state index in [1.807, 2.05) is 11.9 Å². The molecule has 2 aliphatic rings. The van der Waals surface area contributed by atoms with E-state index in [1.165, 1.54) is 11.1 Å². The van der Waals surface area contributed by atoms with Gasteiger partial charge in [-0.3, -0.25) is 4.79 Å². The topological polar surface area (TPSA) is 32.3 Å². The summed E-state index contributed by atoms with van der Waals surface area (Å²) in [5, 5.41) is 3.42. The van der Waals surface area contributed by atoms with Crippen LogP contribution in [0.25, 0.3) is 0 Å². The molecule has 0 spiro atoms. The van der Waals surface area contributed by atoms with E-state index in [4.69, 9.17) is 0 Å². The summed E-state index contributed by atoms with van der Waals surface area (Å²) in [5.74, 6) is 0.552. The van der Waals surface area contributed by atoms with Crippen LogP contribution in [0.1, 0.15) is 30.9 Å². The molecule has 0 saturated carbocycles. The number of nitrogens with zero attached hydrogens (tertiary/aromatic N) is 1. The van der Waals surface area contributed by atoms with Crippen molar-refractivity contribution in [1.82, 2.24) is 10.2 Å². The lowest BCUT2D eigenvalue weighted by atomic mass is 9.91. The van der Waals surface area contributed by atoms with Gasteiger partial charge >= 0.3 is 0 Å². The maximum Gasteiger partial charge on any atom is 0.225 e. The van der Waals surface area contributed by atoms with Gasteiger partial charge in [-0.05, 0) is 50.3 Å². The molecule has 20 heavy (non-hydrogen) atoms. The standard InChI is InChI=1S/C17H24N2O/c1-12-9-15(7-8-18-12)17(20)19(2)16-10-13-5-3-4-6-14(13)11-16/h3-6,12,15-16,18H,7-11H2,1-2H3/t12-,15-/m0/s1. The molecule has 1 aliphatic heterocycles. The summed E-state index contributed by atoms with van der Waals surface area (Å²) >= 11 is 0. The van der Waals surface area contributed by atoms with Gasteiger partial charge in [0.25, 0.3) is 0 Å². The third kappa shape index (κ3) is 2.59. The Morgan fingerprint density at radius 3 is 2.50 bits per heavy atom. The van der Waals surface area contributed by atoms with E-state index in [0.717, 1.165) is 32.2 Å². The number of likely N-dealkylation sites (N-methyl/N-ethyl adjacent to an activating group) is 1. The zero-order valence-corrected chi connectivity index (χ0v) is 12.4. The van der Waals surface area contributed by atoms with Crippen LogP contribution in [0.2, 0.25) is 0 Å². The largest absolute Gasteiger partial charge is 0.342 e. The molecule has 1 aliphatic carbocycles. The van der Waals surface area contributed by atoms with Gasteiger partial charge in [-0.15, -0.1) is 0 Å². The van der Waals surface area contributed by atoms with E-state index >= 15 is 0 Å². The maximum atomic E-state index is 12.7. The van der Waals surface area contributed by atoms with Crippen LogP contribution >= 0.6 is 0 Å². The van der Waals surface area contributed by atoms with E-state index in [9.17, 15) is 4.79 Å². The summed E-state index contributed by atoms with van der Waals surface area (Å²) < 4.78 is 0. The second-order valence-electron chi connectivity index (χ2n) is 6.36. The van der Waals surface area contributed by atoms with Crippen molar-refractivity contribution in [3.05, 3.63) is 35.4 Å². The smallest absolute Gasteiger partial charge is 0.225 e. The molecule has 3 nitrogen and oxygen atoms in total. The molecular formula is C17H24N2O. The number of rotatable bonds is 2. The van der Waals surface area contributed by atoms with Gasteiger partial charge < -0.3 is 10.2 Å². The van der Waals surface area contributed by atoms with Crippen molar-refractivity contribution in [3.8, 4) is 0 Å². The first kappa shape index (κ1) is 13.6. The highest BCUT2D eigenvalue weighted by Gasteiger charge is 2.32. The minimum Gasteiger partial charge on any atom is -0.342 e. The Balaban J connectivity index is 1.65. The van der Waals surface area contributed by atoms with Crippen LogP contribution in [0.4, 0.5) is 0 Å². The van der Waals surface area contributed by atoms with Crippen LogP contribution in [0.5, 0.6) is 0 Å². The maximum absolute atomic E-state index is 12.7. The van der Waals surface area contributed by atoms with Gasteiger partial charge in [0.05, 0.1) is 0 Å². The van der Waals surface area contributed by atoms with Crippen molar-refractivity contribution in [2.24, 2.45) is 5.92 Å². The highest BCUT2D eigenvalue weighted by molar-refractivity contribution is 5.79. The van der Waals surface area contributed by atoms with Gasteiger partial charge in [0.1, 0.15) is 0 Å². The Labute approximate surface area is 121 Å². The Kier molecular flexibility index (Phi) is 3.79. The van der Waals surface area contributed by atoms with Gasteiger partial charge in [-0.1, -0.05) is 24.3 Å². The van der Waals surface area contributed by atoms with Crippen LogP contribution in [-0.2, 0) is 17.6 Å². The summed E-state index contributed by atoms with van der Waals surface area (Å²) in [5.41, 5.74) is 2.83. The lowest BCUT2D eigenvalue weighted by Gasteiger charge is -2.33. The lowest BCUT2D eigenvalue weighted by Crippen LogP contribution is -2.46. The molecule has 1 aromatic carbocycles. The van der Waals surface area contributed by atoms with Crippen LogP contribution in [-0.4, -0.2) is 36.5 Å². The average molecular weight is 272 g/mol. The van der Waals surface area contributed by atoms with E-state index in [2.05, 4.69) is 36.5 Å². The number of nitrogens with one attached hydrogen (secondary N) is 1. The van der Waals surface area contributed by atoms with Crippen molar-refractivity contribution < 1.29 is 4.79 Å². The number of benzene rings is 1. The Bertz CT molecular complexity index is 475. The zero-order chi connectivity index (χ0) is 14.1. The predicted octanol–water partition coefficient (Wildman–Crippen LogP) is 2.00. The molecule has 0 aromatic heterocycles. The summed E-state index contributed by atoms with van der Waals surface area (Å²) in [4.78, 5) is 14.7. The number of piperidine rings is 1. The Hall–Kier alpha value is -1.35. The Morgan fingerprint density at radius 2 is 1.90 bits per heavy atom. The number of carbonyl (C=O) groups is 1. The first-order chi connectivity index (χ1) is 9.65. The number of hydrogen-bond donors (Lipinski definition) is 1. The SMILES string of the molecule is C[C@H]1C[C@@H](C(=O)N(C)C2Cc3ccccc3C2)CCN1. The monoisotopic (exact) mass is 272 g/mol. The molecule has 1 aromatic rings. The highest BCUT2D eigenvalue weighted by Crippen LogP contribution is 2.27. The molecule has 1 amide bonds. The summed E-state index contributed by atoms with van der Waals surface area (Å²) in [6.07, 6.45) is 3.98. The fourth-order valence-corrected chi connectivity index (χ4v) is 3.63. The minimum absolute atomic E-state index is 0.208. The predicted molar refractivity (Wildman–Crippen MR) is 80.6 cm³/mol. The third-order valence-corrected chi connectivity index (χ3v) is 4.90. The van der Waals surface area contributed by atoms with Crippen LogP contribution in [0.3, 0.4) is 0 Å². The molecule has 2 atom stereocenters. The van der Waals surface area contributed by atoms with Crippen molar-refractivity contribution in [3.63, 3.8) is 0 Å². The first-order valence-corrected chi connectivity index (χ1v) is 7.72. The molecule has 0 unspecified atom stereocenters. The van der Waals surface area contributed by atoms with Crippen molar-refractivity contribution in [2.45, 2.75) is 44.7 Å². The molecule has 1 fully saturated rings. The third-order valence-electron chi connectivity index (χ3n) is 4.90. The highest BCUT2D eigenvalue weighted by atomic mass is 16.2. The van der Waals surface area contributed by atoms with Crippen LogP contribution < -0.4 is 5.32 Å². The van der Waals surface area contributed by atoms with Crippen molar-refractivity contribution >= 4 is 5.91 Å². The van der Waals surface area contributed by atoms with Gasteiger partial charge in [0.15, 0.2) is 0 Å². The van der Waals surface area contributed by atoms with Crippen LogP contribution in [0, 0.1) is 5.92 Å². The second-order valence-corrected chi connectivity index (χ2v) is 6.36. The Morgan fingerprint density at radius 1 is 1.25 bits per heavy atom. The molecule has 1 heterocycles. The lowest BCUT2D eigenvalue weighted by molar-refractivity contribution is -0.137. The molecule has 1 saturated heterocycles. The zero-order valence-electron chi connectivity index (χ0n) is 12.4. The van der Waals surface area contributed by atoms with Crippen LogP contribution in [0.15, 0.2) is 24.3 Å². The number of carbonyl (C=O) groups excluding carboxylic acids is 1. The van der Waals surface area contributed by atoms with Crippen molar-refractivity contribution in [2.75, 3.05) is 13.6 Å². The summed E-state index contributed by atoms with van der Waals surface area (Å²) in [7, 11) is 1.99. The van der Waals surface area contributed by atoms with Gasteiger partial charge in [0, 0.05) is 25.0 Å². The molecule has 3 heteroatoms. The summed E-state index contributed by atoms with van der Waals surface area (Å²) in [6.45, 7) is 3.14. The quantitative estimate of drug-likeness (QED) is 0.893. The molecule has 0 bridgehead atoms. The first-order valence-electron chi connectivity index (χ1n) is 7.72.